The predicted octanol–water partition coefficient (Wildman–Crippen LogP) is 1.41. The van der Waals surface area contributed by atoms with Crippen molar-refractivity contribution in [2.45, 2.75) is 45.9 Å². The zero-order valence-corrected chi connectivity index (χ0v) is 15.8. The van der Waals surface area contributed by atoms with Gasteiger partial charge in [0.25, 0.3) is 5.91 Å². The third kappa shape index (κ3) is 2.05. The first-order valence-corrected chi connectivity index (χ1v) is 9.68. The average Bonchev–Trinajstić information content (AvgIpc) is 3.25. The summed E-state index contributed by atoms with van der Waals surface area (Å²) < 4.78 is 19.4. The van der Waals surface area contributed by atoms with Gasteiger partial charge in [0, 0.05) is 42.4 Å². The fourth-order valence-electron chi connectivity index (χ4n) is 5.44. The second-order valence-corrected chi connectivity index (χ2v) is 8.53. The summed E-state index contributed by atoms with van der Waals surface area (Å²) in [5.74, 6) is 0.108. The number of amides is 1. The van der Waals surface area contributed by atoms with E-state index in [2.05, 4.69) is 6.92 Å². The molecule has 142 valence electrons. The summed E-state index contributed by atoms with van der Waals surface area (Å²) >= 11 is 0. The maximum absolute atomic E-state index is 13.6. The highest BCUT2D eigenvalue weighted by atomic mass is 16.5. The van der Waals surface area contributed by atoms with Gasteiger partial charge in [0.2, 0.25) is 0 Å². The number of carbonyl (C=O) groups excluding carboxylic acids is 1. The molecule has 4 aliphatic rings. The van der Waals surface area contributed by atoms with Crippen LogP contribution in [0, 0.1) is 10.8 Å². The van der Waals surface area contributed by atoms with Gasteiger partial charge in [0.05, 0.1) is 44.3 Å². The zero-order chi connectivity index (χ0) is 18.1. The van der Waals surface area contributed by atoms with Gasteiger partial charge in [0.15, 0.2) is 0 Å². The molecule has 0 unspecified atom stereocenters. The molecule has 1 aromatic heterocycles. The van der Waals surface area contributed by atoms with Crippen LogP contribution < -0.4 is 0 Å². The number of likely N-dealkylation sites (tertiary alicyclic amines) is 1. The minimum Gasteiger partial charge on any atom is -0.380 e. The van der Waals surface area contributed by atoms with Crippen molar-refractivity contribution in [3.05, 3.63) is 17.0 Å². The maximum atomic E-state index is 13.6. The Balaban J connectivity index is 1.51. The molecular weight excluding hydrogens is 334 g/mol. The normalized spacial score (nSPS) is 38.3. The largest absolute Gasteiger partial charge is 0.380 e. The monoisotopic (exact) mass is 361 g/mol. The number of ether oxygens (including phenoxy) is 3. The fraction of sp³-hybridized carbons (Fsp3) is 0.789. The van der Waals surface area contributed by atoms with E-state index in [0.717, 1.165) is 36.5 Å². The Kier molecular flexibility index (Phi) is 3.56. The fourth-order valence-corrected chi connectivity index (χ4v) is 5.44. The molecule has 0 aromatic carbocycles. The Morgan fingerprint density at radius 1 is 1.15 bits per heavy atom. The van der Waals surface area contributed by atoms with Crippen molar-refractivity contribution in [2.75, 3.05) is 39.5 Å². The summed E-state index contributed by atoms with van der Waals surface area (Å²) in [5.41, 5.74) is 2.72. The topological polar surface area (TPSA) is 65.8 Å². The Labute approximate surface area is 153 Å². The quantitative estimate of drug-likeness (QED) is 0.797. The molecule has 3 saturated heterocycles. The second-order valence-electron chi connectivity index (χ2n) is 8.53. The highest BCUT2D eigenvalue weighted by molar-refractivity contribution is 5.95. The van der Waals surface area contributed by atoms with E-state index in [1.807, 2.05) is 23.4 Å². The maximum Gasteiger partial charge on any atom is 0.272 e. The first-order chi connectivity index (χ1) is 12.5. The van der Waals surface area contributed by atoms with Crippen molar-refractivity contribution in [3.63, 3.8) is 0 Å². The van der Waals surface area contributed by atoms with E-state index < -0.39 is 0 Å². The third-order valence-corrected chi connectivity index (χ3v) is 6.81. The van der Waals surface area contributed by atoms with E-state index in [-0.39, 0.29) is 28.9 Å². The lowest BCUT2D eigenvalue weighted by molar-refractivity contribution is -0.00718. The van der Waals surface area contributed by atoms with Crippen molar-refractivity contribution in [1.82, 2.24) is 14.7 Å². The molecular formula is C19H27N3O4. The average molecular weight is 361 g/mol. The Morgan fingerprint density at radius 3 is 2.35 bits per heavy atom. The van der Waals surface area contributed by atoms with Crippen molar-refractivity contribution < 1.29 is 19.0 Å². The summed E-state index contributed by atoms with van der Waals surface area (Å²) in [6, 6.07) is 0. The second kappa shape index (κ2) is 5.53. The standard InChI is InChI=1S/C19H27N3O4/c1-4-22-16(14-5-12(2)26-13(3)15(14)20-22)17(23)21-6-18-8-24-10-19(18,7-21)11-25-9-18/h12-13H,4-11H2,1-3H3/t12-,13+,18?,19?/m0/s1. The molecule has 0 spiro atoms. The summed E-state index contributed by atoms with van der Waals surface area (Å²) in [7, 11) is 0. The lowest BCUT2D eigenvalue weighted by Gasteiger charge is -2.26. The lowest BCUT2D eigenvalue weighted by atomic mass is 9.71. The van der Waals surface area contributed by atoms with Gasteiger partial charge in [-0.2, -0.15) is 5.10 Å². The number of hydrogen-bond donors (Lipinski definition) is 0. The highest BCUT2D eigenvalue weighted by Crippen LogP contribution is 2.55. The van der Waals surface area contributed by atoms with E-state index in [9.17, 15) is 4.79 Å². The van der Waals surface area contributed by atoms with E-state index in [0.29, 0.717) is 33.0 Å². The number of hydrogen-bond acceptors (Lipinski definition) is 5. The Bertz CT molecular complexity index is 728. The van der Waals surface area contributed by atoms with Gasteiger partial charge in [-0.05, 0) is 20.8 Å². The number of carbonyl (C=O) groups is 1. The molecule has 0 saturated carbocycles. The van der Waals surface area contributed by atoms with Gasteiger partial charge in [-0.3, -0.25) is 9.48 Å². The minimum absolute atomic E-state index is 0.0243. The molecule has 7 heteroatoms. The molecule has 1 aromatic rings. The van der Waals surface area contributed by atoms with Crippen LogP contribution in [0.1, 0.15) is 48.6 Å². The predicted molar refractivity (Wildman–Crippen MR) is 93.0 cm³/mol. The molecule has 4 aliphatic heterocycles. The van der Waals surface area contributed by atoms with Crippen LogP contribution in [-0.4, -0.2) is 66.2 Å². The van der Waals surface area contributed by atoms with Gasteiger partial charge in [-0.15, -0.1) is 0 Å². The van der Waals surface area contributed by atoms with Crippen LogP contribution in [0.25, 0.3) is 0 Å². The molecule has 0 bridgehead atoms. The van der Waals surface area contributed by atoms with Crippen molar-refractivity contribution in [1.29, 1.82) is 0 Å². The van der Waals surface area contributed by atoms with Crippen molar-refractivity contribution in [3.8, 4) is 0 Å². The van der Waals surface area contributed by atoms with E-state index >= 15 is 0 Å². The molecule has 26 heavy (non-hydrogen) atoms. The van der Waals surface area contributed by atoms with Crippen molar-refractivity contribution >= 4 is 5.91 Å². The van der Waals surface area contributed by atoms with Crippen molar-refractivity contribution in [2.24, 2.45) is 10.8 Å². The molecule has 1 amide bonds. The summed E-state index contributed by atoms with van der Waals surface area (Å²) in [5, 5.41) is 4.71. The summed E-state index contributed by atoms with van der Waals surface area (Å²) in [6.07, 6.45) is 0.788. The third-order valence-electron chi connectivity index (χ3n) is 6.81. The molecule has 2 atom stereocenters. The van der Waals surface area contributed by atoms with E-state index in [4.69, 9.17) is 19.3 Å². The molecule has 0 radical (unpaired) electrons. The van der Waals surface area contributed by atoms with Gasteiger partial charge in [0.1, 0.15) is 5.69 Å². The van der Waals surface area contributed by atoms with Crippen LogP contribution in [0.2, 0.25) is 0 Å². The number of aryl methyl sites for hydroxylation is 1. The Hall–Kier alpha value is -1.44. The van der Waals surface area contributed by atoms with Crippen LogP contribution in [0.4, 0.5) is 0 Å². The van der Waals surface area contributed by atoms with Crippen LogP contribution in [-0.2, 0) is 27.2 Å². The lowest BCUT2D eigenvalue weighted by Crippen LogP contribution is -2.38. The van der Waals surface area contributed by atoms with Crippen LogP contribution in [0.5, 0.6) is 0 Å². The first kappa shape index (κ1) is 16.7. The minimum atomic E-state index is -0.0653. The van der Waals surface area contributed by atoms with Crippen LogP contribution >= 0.6 is 0 Å². The highest BCUT2D eigenvalue weighted by Gasteiger charge is 2.66. The summed E-state index contributed by atoms with van der Waals surface area (Å²) in [6.45, 7) is 11.0. The van der Waals surface area contributed by atoms with E-state index in [1.165, 1.54) is 0 Å². The van der Waals surface area contributed by atoms with Gasteiger partial charge in [-0.1, -0.05) is 0 Å². The summed E-state index contributed by atoms with van der Waals surface area (Å²) in [4.78, 5) is 15.6. The molecule has 0 N–H and O–H groups in total. The van der Waals surface area contributed by atoms with Gasteiger partial charge in [-0.25, -0.2) is 0 Å². The first-order valence-electron chi connectivity index (χ1n) is 9.68. The smallest absolute Gasteiger partial charge is 0.272 e. The van der Waals surface area contributed by atoms with Crippen LogP contribution in [0.15, 0.2) is 0 Å². The molecule has 3 fully saturated rings. The Morgan fingerprint density at radius 2 is 1.77 bits per heavy atom. The number of fused-ring (bicyclic) bond motifs is 1. The van der Waals surface area contributed by atoms with Crippen LogP contribution in [0.3, 0.4) is 0 Å². The molecule has 5 heterocycles. The molecule has 7 nitrogen and oxygen atoms in total. The molecule has 0 aliphatic carbocycles. The molecule has 5 rings (SSSR count). The number of rotatable bonds is 2. The van der Waals surface area contributed by atoms with Gasteiger partial charge >= 0.3 is 0 Å². The number of aromatic nitrogens is 2. The van der Waals surface area contributed by atoms with E-state index in [1.54, 1.807) is 0 Å². The SMILES string of the molecule is CCn1nc2c(c1C(=O)N1CC34COCC3(COC4)C1)C[C@H](C)O[C@@H]2C. The zero-order valence-electron chi connectivity index (χ0n) is 15.8. The number of nitrogens with zero attached hydrogens (tertiary/aromatic N) is 3. The van der Waals surface area contributed by atoms with Gasteiger partial charge < -0.3 is 19.1 Å².